The van der Waals surface area contributed by atoms with Gasteiger partial charge in [0.2, 0.25) is 0 Å². The molecular formula is C19H18F3NO3. The van der Waals surface area contributed by atoms with E-state index >= 15 is 0 Å². The predicted molar refractivity (Wildman–Crippen MR) is 88.6 cm³/mol. The van der Waals surface area contributed by atoms with Gasteiger partial charge in [-0.2, -0.15) is 13.2 Å². The van der Waals surface area contributed by atoms with Crippen LogP contribution in [0.5, 0.6) is 5.75 Å². The van der Waals surface area contributed by atoms with Crippen LogP contribution < -0.4 is 0 Å². The minimum Gasteiger partial charge on any atom is -0.508 e. The number of piperidine rings is 1. The van der Waals surface area contributed by atoms with Crippen molar-refractivity contribution in [1.82, 2.24) is 4.90 Å². The molecular weight excluding hydrogens is 347 g/mol. The molecule has 3 rings (SSSR count). The van der Waals surface area contributed by atoms with Crippen molar-refractivity contribution in [3.63, 3.8) is 0 Å². The zero-order valence-corrected chi connectivity index (χ0v) is 13.8. The Morgan fingerprint density at radius 2 is 1.65 bits per heavy atom. The molecule has 0 unspecified atom stereocenters. The van der Waals surface area contributed by atoms with Gasteiger partial charge in [-0.25, -0.2) is 0 Å². The summed E-state index contributed by atoms with van der Waals surface area (Å²) < 4.78 is 38.7. The lowest BCUT2D eigenvalue weighted by Crippen LogP contribution is -2.45. The highest BCUT2D eigenvalue weighted by Crippen LogP contribution is 2.37. The molecule has 0 atom stereocenters. The fraction of sp³-hybridized carbons (Fsp3) is 0.316. The topological polar surface area (TPSA) is 60.8 Å². The van der Waals surface area contributed by atoms with Crippen LogP contribution in [0.4, 0.5) is 13.2 Å². The quantitative estimate of drug-likeness (QED) is 0.856. The van der Waals surface area contributed by atoms with Gasteiger partial charge >= 0.3 is 6.18 Å². The molecule has 2 aromatic carbocycles. The van der Waals surface area contributed by atoms with Crippen molar-refractivity contribution in [2.45, 2.75) is 24.6 Å². The summed E-state index contributed by atoms with van der Waals surface area (Å²) in [4.78, 5) is 14.0. The maximum Gasteiger partial charge on any atom is 0.416 e. The fourth-order valence-electron chi connectivity index (χ4n) is 3.14. The van der Waals surface area contributed by atoms with Crippen molar-refractivity contribution in [2.75, 3.05) is 13.1 Å². The van der Waals surface area contributed by atoms with E-state index in [1.54, 1.807) is 4.90 Å². The van der Waals surface area contributed by atoms with E-state index in [-0.39, 0.29) is 43.2 Å². The van der Waals surface area contributed by atoms with Gasteiger partial charge in [0.25, 0.3) is 5.91 Å². The molecule has 4 nitrogen and oxygen atoms in total. The first-order chi connectivity index (χ1) is 12.2. The van der Waals surface area contributed by atoms with Crippen LogP contribution >= 0.6 is 0 Å². The minimum atomic E-state index is -4.47. The Kier molecular flexibility index (Phi) is 4.66. The number of nitrogens with zero attached hydrogens (tertiary/aromatic N) is 1. The van der Waals surface area contributed by atoms with Gasteiger partial charge in [-0.3, -0.25) is 4.79 Å². The SMILES string of the molecule is O=C(c1ccc(O)cc1)N1CCC(O)(c2cccc(C(F)(F)F)c2)CC1. The van der Waals surface area contributed by atoms with Gasteiger partial charge in [-0.1, -0.05) is 12.1 Å². The normalized spacial score (nSPS) is 17.2. The van der Waals surface area contributed by atoms with E-state index in [0.29, 0.717) is 5.56 Å². The fourth-order valence-corrected chi connectivity index (χ4v) is 3.14. The van der Waals surface area contributed by atoms with Crippen molar-refractivity contribution in [3.05, 3.63) is 65.2 Å². The van der Waals surface area contributed by atoms with E-state index in [1.807, 2.05) is 0 Å². The second kappa shape index (κ2) is 6.64. The molecule has 0 saturated carbocycles. The Labute approximate surface area is 148 Å². The summed E-state index contributed by atoms with van der Waals surface area (Å²) in [7, 11) is 0. The number of phenolic OH excluding ortho intramolecular Hbond substituents is 1. The molecule has 0 spiro atoms. The first-order valence-corrected chi connectivity index (χ1v) is 8.17. The van der Waals surface area contributed by atoms with E-state index in [0.717, 1.165) is 12.1 Å². The zero-order valence-electron chi connectivity index (χ0n) is 13.8. The molecule has 0 bridgehead atoms. The summed E-state index contributed by atoms with van der Waals surface area (Å²) in [6.45, 7) is 0.457. The summed E-state index contributed by atoms with van der Waals surface area (Å²) in [6.07, 6.45) is -4.17. The van der Waals surface area contributed by atoms with E-state index in [9.17, 15) is 28.2 Å². The van der Waals surface area contributed by atoms with Gasteiger partial charge in [0, 0.05) is 18.7 Å². The number of likely N-dealkylation sites (tertiary alicyclic amines) is 1. The first-order valence-electron chi connectivity index (χ1n) is 8.17. The molecule has 0 aromatic heterocycles. The molecule has 0 radical (unpaired) electrons. The Morgan fingerprint density at radius 3 is 2.23 bits per heavy atom. The van der Waals surface area contributed by atoms with E-state index in [4.69, 9.17) is 0 Å². The molecule has 26 heavy (non-hydrogen) atoms. The van der Waals surface area contributed by atoms with Crippen molar-refractivity contribution in [1.29, 1.82) is 0 Å². The first kappa shape index (κ1) is 18.3. The molecule has 1 fully saturated rings. The summed E-state index contributed by atoms with van der Waals surface area (Å²) in [5.74, 6) is -0.185. The lowest BCUT2D eigenvalue weighted by molar-refractivity contribution is -0.137. The van der Waals surface area contributed by atoms with E-state index in [1.165, 1.54) is 36.4 Å². The molecule has 1 aliphatic rings. The van der Waals surface area contributed by atoms with Gasteiger partial charge in [0.05, 0.1) is 11.2 Å². The Morgan fingerprint density at radius 1 is 1.04 bits per heavy atom. The van der Waals surface area contributed by atoms with Crippen LogP contribution in [0, 0.1) is 0 Å². The largest absolute Gasteiger partial charge is 0.508 e. The smallest absolute Gasteiger partial charge is 0.416 e. The molecule has 2 N–H and O–H groups in total. The number of alkyl halides is 3. The highest BCUT2D eigenvalue weighted by atomic mass is 19.4. The number of amides is 1. The number of rotatable bonds is 2. The third-order valence-electron chi connectivity index (χ3n) is 4.72. The number of aliphatic hydroxyl groups is 1. The monoisotopic (exact) mass is 365 g/mol. The van der Waals surface area contributed by atoms with Gasteiger partial charge in [-0.15, -0.1) is 0 Å². The third-order valence-corrected chi connectivity index (χ3v) is 4.72. The maximum atomic E-state index is 12.9. The second-order valence-corrected chi connectivity index (χ2v) is 6.45. The summed E-state index contributed by atoms with van der Waals surface area (Å²) in [5.41, 5.74) is -1.57. The molecule has 1 heterocycles. The minimum absolute atomic E-state index is 0.0547. The number of hydrogen-bond donors (Lipinski definition) is 2. The zero-order chi connectivity index (χ0) is 18.9. The molecule has 0 aliphatic carbocycles. The van der Waals surface area contributed by atoms with Crippen LogP contribution in [0.3, 0.4) is 0 Å². The molecule has 1 amide bonds. The standard InChI is InChI=1S/C19H18F3NO3/c20-19(21,22)15-3-1-2-14(12-15)18(26)8-10-23(11-9-18)17(25)13-4-6-16(24)7-5-13/h1-7,12,24,26H,8-11H2. The summed E-state index contributed by atoms with van der Waals surface area (Å²) >= 11 is 0. The Bertz CT molecular complexity index is 794. The van der Waals surface area contributed by atoms with Gasteiger partial charge in [-0.05, 0) is 54.8 Å². The van der Waals surface area contributed by atoms with Gasteiger partial charge in [0.15, 0.2) is 0 Å². The van der Waals surface area contributed by atoms with Gasteiger partial charge < -0.3 is 15.1 Å². The van der Waals surface area contributed by atoms with E-state index in [2.05, 4.69) is 0 Å². The van der Waals surface area contributed by atoms with Crippen LogP contribution in [-0.2, 0) is 11.8 Å². The number of hydrogen-bond acceptors (Lipinski definition) is 3. The lowest BCUT2D eigenvalue weighted by Gasteiger charge is -2.38. The van der Waals surface area contributed by atoms with Gasteiger partial charge in [0.1, 0.15) is 5.75 Å². The number of benzene rings is 2. The van der Waals surface area contributed by atoms with Crippen molar-refractivity contribution < 1.29 is 28.2 Å². The Balaban J connectivity index is 1.73. The van der Waals surface area contributed by atoms with Crippen LogP contribution in [0.15, 0.2) is 48.5 Å². The third kappa shape index (κ3) is 3.67. The average molecular weight is 365 g/mol. The lowest BCUT2D eigenvalue weighted by atomic mass is 9.83. The van der Waals surface area contributed by atoms with Crippen LogP contribution in [-0.4, -0.2) is 34.1 Å². The summed E-state index contributed by atoms with van der Waals surface area (Å²) in [5, 5.41) is 20.1. The molecule has 2 aromatic rings. The number of phenols is 1. The summed E-state index contributed by atoms with van der Waals surface area (Å²) in [6, 6.07) is 10.5. The number of carbonyl (C=O) groups is 1. The number of halogens is 3. The average Bonchev–Trinajstić information content (AvgIpc) is 2.62. The maximum absolute atomic E-state index is 12.9. The molecule has 1 aliphatic heterocycles. The van der Waals surface area contributed by atoms with E-state index < -0.39 is 17.3 Å². The Hall–Kier alpha value is -2.54. The highest BCUT2D eigenvalue weighted by Gasteiger charge is 2.38. The molecule has 1 saturated heterocycles. The van der Waals surface area contributed by atoms with Crippen LogP contribution in [0.1, 0.15) is 34.3 Å². The van der Waals surface area contributed by atoms with Crippen LogP contribution in [0.25, 0.3) is 0 Å². The number of carbonyl (C=O) groups excluding carboxylic acids is 1. The second-order valence-electron chi connectivity index (χ2n) is 6.45. The highest BCUT2D eigenvalue weighted by molar-refractivity contribution is 5.94. The van der Waals surface area contributed by atoms with Crippen molar-refractivity contribution in [2.24, 2.45) is 0 Å². The van der Waals surface area contributed by atoms with Crippen molar-refractivity contribution >= 4 is 5.91 Å². The van der Waals surface area contributed by atoms with Crippen molar-refractivity contribution in [3.8, 4) is 5.75 Å². The predicted octanol–water partition coefficient (Wildman–Crippen LogP) is 3.53. The van der Waals surface area contributed by atoms with Crippen LogP contribution in [0.2, 0.25) is 0 Å². The molecule has 138 valence electrons. The molecule has 7 heteroatoms. The number of aromatic hydroxyl groups is 1.